The van der Waals surface area contributed by atoms with Crippen molar-refractivity contribution in [3.05, 3.63) is 88.4 Å². The van der Waals surface area contributed by atoms with Crippen molar-refractivity contribution in [2.45, 2.75) is 31.5 Å². The molecule has 0 spiro atoms. The number of hydrogen-bond acceptors (Lipinski definition) is 7. The second kappa shape index (κ2) is 10.9. The van der Waals surface area contributed by atoms with Gasteiger partial charge >= 0.3 is 0 Å². The van der Waals surface area contributed by atoms with Crippen molar-refractivity contribution in [3.63, 3.8) is 0 Å². The number of amides is 1. The van der Waals surface area contributed by atoms with Crippen LogP contribution in [0, 0.1) is 5.82 Å². The Morgan fingerprint density at radius 2 is 1.70 bits per heavy atom. The van der Waals surface area contributed by atoms with Gasteiger partial charge in [0.05, 0.1) is 37.2 Å². The van der Waals surface area contributed by atoms with Gasteiger partial charge in [0, 0.05) is 38.3 Å². The van der Waals surface area contributed by atoms with Crippen LogP contribution in [-0.2, 0) is 17.8 Å². The van der Waals surface area contributed by atoms with E-state index >= 15 is 0 Å². The fourth-order valence-corrected chi connectivity index (χ4v) is 5.39. The molecule has 0 unspecified atom stereocenters. The van der Waals surface area contributed by atoms with E-state index in [-0.39, 0.29) is 23.8 Å². The van der Waals surface area contributed by atoms with Crippen molar-refractivity contribution in [2.24, 2.45) is 0 Å². The van der Waals surface area contributed by atoms with Crippen LogP contribution in [0.1, 0.15) is 28.8 Å². The number of piperidine rings is 1. The highest BCUT2D eigenvalue weighted by molar-refractivity contribution is 5.94. The minimum atomic E-state index is -1.15. The molecular formula is C29H31FN6O4. The molecule has 4 aromatic rings. The van der Waals surface area contributed by atoms with Gasteiger partial charge in [0.2, 0.25) is 0 Å². The molecule has 40 heavy (non-hydrogen) atoms. The molecule has 0 aliphatic carbocycles. The second-order valence-electron chi connectivity index (χ2n) is 10.5. The summed E-state index contributed by atoms with van der Waals surface area (Å²) in [5.74, 6) is -0.428. The van der Waals surface area contributed by atoms with Crippen LogP contribution in [0.4, 0.5) is 4.39 Å². The average Bonchev–Trinajstić information content (AvgIpc) is 3.41. The quantitative estimate of drug-likeness (QED) is 0.395. The van der Waals surface area contributed by atoms with Gasteiger partial charge in [0.15, 0.2) is 5.65 Å². The predicted octanol–water partition coefficient (Wildman–Crippen LogP) is 2.22. The van der Waals surface area contributed by atoms with Crippen LogP contribution in [-0.4, -0.2) is 85.1 Å². The Labute approximate surface area is 230 Å². The summed E-state index contributed by atoms with van der Waals surface area (Å²) in [6, 6.07) is 13.5. The van der Waals surface area contributed by atoms with E-state index < -0.39 is 5.60 Å². The minimum Gasteiger partial charge on any atom is -0.388 e. The Bertz CT molecular complexity index is 1550. The predicted molar refractivity (Wildman–Crippen MR) is 146 cm³/mol. The molecule has 4 heterocycles. The molecule has 6 rings (SSSR count). The Balaban J connectivity index is 1.09. The number of benzene rings is 2. The van der Waals surface area contributed by atoms with Gasteiger partial charge in [0.1, 0.15) is 17.5 Å². The van der Waals surface area contributed by atoms with Crippen LogP contribution < -0.4 is 5.56 Å². The van der Waals surface area contributed by atoms with Crippen LogP contribution in [0.25, 0.3) is 16.7 Å². The van der Waals surface area contributed by atoms with E-state index in [1.807, 2.05) is 24.3 Å². The molecule has 10 nitrogen and oxygen atoms in total. The van der Waals surface area contributed by atoms with Crippen LogP contribution in [0.3, 0.4) is 0 Å². The van der Waals surface area contributed by atoms with Gasteiger partial charge in [-0.25, -0.2) is 14.1 Å². The molecule has 2 aromatic heterocycles. The first kappa shape index (κ1) is 26.3. The van der Waals surface area contributed by atoms with E-state index in [0.717, 1.165) is 38.4 Å². The number of morpholine rings is 1. The molecule has 11 heteroatoms. The van der Waals surface area contributed by atoms with E-state index in [1.54, 1.807) is 17.0 Å². The molecule has 0 saturated carbocycles. The van der Waals surface area contributed by atoms with E-state index in [4.69, 9.17) is 4.74 Å². The summed E-state index contributed by atoms with van der Waals surface area (Å²) < 4.78 is 21.6. The molecule has 2 saturated heterocycles. The lowest BCUT2D eigenvalue weighted by Crippen LogP contribution is -2.49. The van der Waals surface area contributed by atoms with E-state index in [0.29, 0.717) is 48.2 Å². The normalized spacial score (nSPS) is 17.8. The first-order valence-corrected chi connectivity index (χ1v) is 13.5. The van der Waals surface area contributed by atoms with Gasteiger partial charge in [-0.3, -0.25) is 19.1 Å². The number of rotatable bonds is 6. The number of likely N-dealkylation sites (tertiary alicyclic amines) is 1. The molecule has 0 radical (unpaired) electrons. The maximum absolute atomic E-state index is 13.3. The van der Waals surface area contributed by atoms with Crippen LogP contribution in [0.5, 0.6) is 0 Å². The van der Waals surface area contributed by atoms with E-state index in [1.165, 1.54) is 33.9 Å². The summed E-state index contributed by atoms with van der Waals surface area (Å²) in [5.41, 5.74) is 1.26. The maximum atomic E-state index is 13.3. The summed E-state index contributed by atoms with van der Waals surface area (Å²) in [6.07, 6.45) is 3.52. The van der Waals surface area contributed by atoms with E-state index in [2.05, 4.69) is 15.0 Å². The molecule has 2 aliphatic rings. The smallest absolute Gasteiger partial charge is 0.264 e. The number of carbonyl (C=O) groups is 1. The zero-order valence-electron chi connectivity index (χ0n) is 22.1. The Kier molecular flexibility index (Phi) is 7.18. The number of hydrogen-bond donors (Lipinski definition) is 1. The molecule has 1 amide bonds. The third kappa shape index (κ3) is 5.40. The van der Waals surface area contributed by atoms with Gasteiger partial charge in [-0.1, -0.05) is 12.1 Å². The fraction of sp³-hybridized carbons (Fsp3) is 0.379. The van der Waals surface area contributed by atoms with Gasteiger partial charge in [0.25, 0.3) is 11.5 Å². The van der Waals surface area contributed by atoms with Gasteiger partial charge in [-0.2, -0.15) is 5.10 Å². The third-order valence-electron chi connectivity index (χ3n) is 7.78. The van der Waals surface area contributed by atoms with Crippen LogP contribution >= 0.6 is 0 Å². The summed E-state index contributed by atoms with van der Waals surface area (Å²) >= 11 is 0. The molecule has 2 fully saturated rings. The van der Waals surface area contributed by atoms with Crippen molar-refractivity contribution in [2.75, 3.05) is 39.4 Å². The highest BCUT2D eigenvalue weighted by atomic mass is 19.1. The summed E-state index contributed by atoms with van der Waals surface area (Å²) in [6.45, 7) is 4.99. The van der Waals surface area contributed by atoms with Gasteiger partial charge in [-0.05, 0) is 54.8 Å². The fourth-order valence-electron chi connectivity index (χ4n) is 5.39. The van der Waals surface area contributed by atoms with Crippen LogP contribution in [0.2, 0.25) is 0 Å². The standard InChI is InChI=1S/C29H31FN6O4/c30-23-5-7-24(8-6-23)36-26-25(17-32-36)28(38)35(20-31-26)19-29(39)9-11-34(12-10-29)27(37)22-3-1-21(2-4-22)18-33-13-15-40-16-14-33/h1-8,17,20,39H,9-16,18-19H2. The maximum Gasteiger partial charge on any atom is 0.264 e. The van der Waals surface area contributed by atoms with E-state index in [9.17, 15) is 19.1 Å². The van der Waals surface area contributed by atoms with Crippen molar-refractivity contribution < 1.29 is 19.0 Å². The van der Waals surface area contributed by atoms with Crippen molar-refractivity contribution in [1.29, 1.82) is 0 Å². The Hall–Kier alpha value is -3.93. The lowest BCUT2D eigenvalue weighted by molar-refractivity contribution is -0.0299. The highest BCUT2D eigenvalue weighted by Crippen LogP contribution is 2.25. The molecule has 0 atom stereocenters. The van der Waals surface area contributed by atoms with Crippen LogP contribution in [0.15, 0.2) is 65.8 Å². The molecule has 208 valence electrons. The molecular weight excluding hydrogens is 515 g/mol. The van der Waals surface area contributed by atoms with Gasteiger partial charge < -0.3 is 14.7 Å². The number of carbonyl (C=O) groups excluding carboxylic acids is 1. The largest absolute Gasteiger partial charge is 0.388 e. The first-order chi connectivity index (χ1) is 19.4. The molecule has 2 aromatic carbocycles. The number of halogens is 1. The number of fused-ring (bicyclic) bond motifs is 1. The lowest BCUT2D eigenvalue weighted by atomic mass is 9.91. The number of nitrogens with zero attached hydrogens (tertiary/aromatic N) is 6. The monoisotopic (exact) mass is 546 g/mol. The lowest BCUT2D eigenvalue weighted by Gasteiger charge is -2.38. The van der Waals surface area contributed by atoms with Gasteiger partial charge in [-0.15, -0.1) is 0 Å². The summed E-state index contributed by atoms with van der Waals surface area (Å²) in [5, 5.41) is 15.9. The zero-order valence-corrected chi connectivity index (χ0v) is 22.1. The second-order valence-corrected chi connectivity index (χ2v) is 10.5. The number of ether oxygens (including phenoxy) is 1. The molecule has 2 aliphatic heterocycles. The topological polar surface area (TPSA) is 106 Å². The number of aromatic nitrogens is 4. The SMILES string of the molecule is O=C(c1ccc(CN2CCOCC2)cc1)N1CCC(O)(Cn2cnc3c(cnn3-c3ccc(F)cc3)c2=O)CC1. The number of aliphatic hydroxyl groups is 1. The minimum absolute atomic E-state index is 0.0616. The van der Waals surface area contributed by atoms with Crippen molar-refractivity contribution in [3.8, 4) is 5.69 Å². The summed E-state index contributed by atoms with van der Waals surface area (Å²) in [4.78, 5) is 34.8. The zero-order chi connectivity index (χ0) is 27.7. The first-order valence-electron chi connectivity index (χ1n) is 13.5. The third-order valence-corrected chi connectivity index (χ3v) is 7.78. The summed E-state index contributed by atoms with van der Waals surface area (Å²) in [7, 11) is 0. The average molecular weight is 547 g/mol. The van der Waals surface area contributed by atoms with Crippen molar-refractivity contribution >= 4 is 16.9 Å². The Morgan fingerprint density at radius 3 is 2.40 bits per heavy atom. The highest BCUT2D eigenvalue weighted by Gasteiger charge is 2.35. The molecule has 1 N–H and O–H groups in total. The van der Waals surface area contributed by atoms with Crippen molar-refractivity contribution in [1.82, 2.24) is 29.1 Å². The molecule has 0 bridgehead atoms. The Morgan fingerprint density at radius 1 is 1.00 bits per heavy atom.